The maximum Gasteiger partial charge on any atom is 0.0852 e. The van der Waals surface area contributed by atoms with Crippen LogP contribution >= 0.6 is 0 Å². The van der Waals surface area contributed by atoms with Crippen LogP contribution < -0.4 is 0 Å². The zero-order chi connectivity index (χ0) is 13.7. The summed E-state index contributed by atoms with van der Waals surface area (Å²) in [5, 5.41) is 2.16. The van der Waals surface area contributed by atoms with Crippen LogP contribution in [0.25, 0.3) is 0 Å². The molecule has 2 heterocycles. The lowest BCUT2D eigenvalue weighted by atomic mass is 9.80. The first-order chi connectivity index (χ1) is 9.75. The van der Waals surface area contributed by atoms with Crippen LogP contribution in [0.2, 0.25) is 0 Å². The van der Waals surface area contributed by atoms with Crippen molar-refractivity contribution in [2.75, 3.05) is 7.05 Å². The van der Waals surface area contributed by atoms with Crippen LogP contribution in [0.4, 0.5) is 0 Å². The van der Waals surface area contributed by atoms with Crippen LogP contribution in [-0.2, 0) is 11.4 Å². The van der Waals surface area contributed by atoms with E-state index in [9.17, 15) is 0 Å². The molecule has 2 aliphatic heterocycles. The van der Waals surface area contributed by atoms with Gasteiger partial charge in [-0.15, -0.1) is 0 Å². The Hall–Kier alpha value is -0.900. The van der Waals surface area contributed by atoms with E-state index >= 15 is 0 Å². The van der Waals surface area contributed by atoms with E-state index < -0.39 is 0 Å². The summed E-state index contributed by atoms with van der Waals surface area (Å²) in [6.07, 6.45) is 4.36. The molecule has 0 bridgehead atoms. The summed E-state index contributed by atoms with van der Waals surface area (Å²) in [7, 11) is 2.13. The number of hydrogen-bond donors (Lipinski definition) is 0. The molecular weight excluding hydrogens is 248 g/mol. The number of hydroxylamine groups is 2. The Bertz CT molecular complexity index is 477. The second kappa shape index (κ2) is 4.83. The number of benzene rings is 1. The van der Waals surface area contributed by atoms with Gasteiger partial charge in [0.1, 0.15) is 0 Å². The average molecular weight is 272 g/mol. The van der Waals surface area contributed by atoms with Gasteiger partial charge in [-0.25, -0.2) is 0 Å². The van der Waals surface area contributed by atoms with Crippen molar-refractivity contribution in [1.82, 2.24) is 9.96 Å². The van der Waals surface area contributed by atoms with Crippen LogP contribution in [0.5, 0.6) is 0 Å². The van der Waals surface area contributed by atoms with Crippen LogP contribution in [0.1, 0.15) is 31.7 Å². The average Bonchev–Trinajstić information content (AvgIpc) is 2.94. The van der Waals surface area contributed by atoms with Crippen LogP contribution in [0, 0.1) is 5.92 Å². The van der Waals surface area contributed by atoms with Crippen LogP contribution in [0.15, 0.2) is 30.3 Å². The van der Waals surface area contributed by atoms with E-state index in [-0.39, 0.29) is 0 Å². The fraction of sp³-hybridized carbons (Fsp3) is 0.647. The molecule has 0 N–H and O–H groups in total. The lowest BCUT2D eigenvalue weighted by Gasteiger charge is -2.36. The molecule has 3 aliphatic rings. The Morgan fingerprint density at radius 2 is 2.00 bits per heavy atom. The highest BCUT2D eigenvalue weighted by Gasteiger charge is 2.57. The molecule has 3 fully saturated rings. The van der Waals surface area contributed by atoms with Gasteiger partial charge in [0.15, 0.2) is 0 Å². The van der Waals surface area contributed by atoms with E-state index in [2.05, 4.69) is 54.3 Å². The minimum atomic E-state index is 0.465. The molecule has 0 spiro atoms. The van der Waals surface area contributed by atoms with Crippen molar-refractivity contribution < 1.29 is 4.84 Å². The predicted octanol–water partition coefficient (Wildman–Crippen LogP) is 2.67. The molecule has 5 atom stereocenters. The summed E-state index contributed by atoms with van der Waals surface area (Å²) in [4.78, 5) is 8.81. The maximum atomic E-state index is 6.07. The Kier molecular flexibility index (Phi) is 3.09. The van der Waals surface area contributed by atoms with Gasteiger partial charge in [0, 0.05) is 31.6 Å². The minimum Gasteiger partial charge on any atom is -0.295 e. The molecule has 1 aromatic carbocycles. The van der Waals surface area contributed by atoms with E-state index in [1.165, 1.54) is 24.8 Å². The topological polar surface area (TPSA) is 15.7 Å². The number of rotatable bonds is 2. The van der Waals surface area contributed by atoms with E-state index in [0.29, 0.717) is 30.1 Å². The van der Waals surface area contributed by atoms with Gasteiger partial charge < -0.3 is 0 Å². The summed E-state index contributed by atoms with van der Waals surface area (Å²) in [6, 6.07) is 12.8. The number of nitrogens with zero attached hydrogens (tertiary/aromatic N) is 2. The summed E-state index contributed by atoms with van der Waals surface area (Å²) >= 11 is 0. The standard InChI is InChI=1S/C17H24N2O/c1-12-17-16-14(9-6-10-15(16)20-18(17)2)19(12)11-13-7-4-3-5-8-13/h3-5,7-8,12,14-17H,6,9-11H2,1-2H3/t12-,14+,15-,16+,17+/m0/s1. The molecule has 0 unspecified atom stereocenters. The first-order valence-electron chi connectivity index (χ1n) is 7.95. The van der Waals surface area contributed by atoms with Gasteiger partial charge in [-0.1, -0.05) is 30.3 Å². The van der Waals surface area contributed by atoms with Crippen molar-refractivity contribution in [3.05, 3.63) is 35.9 Å². The molecule has 1 aromatic rings. The van der Waals surface area contributed by atoms with Gasteiger partial charge in [0.05, 0.1) is 12.1 Å². The SMILES string of the molecule is C[C@H]1[C@@H]2[C@H]3[C@H](CCC[C@H]3N1Cc1ccccc1)ON2C. The first-order valence-corrected chi connectivity index (χ1v) is 7.95. The molecule has 3 nitrogen and oxygen atoms in total. The van der Waals surface area contributed by atoms with Gasteiger partial charge in [-0.2, -0.15) is 5.06 Å². The van der Waals surface area contributed by atoms with E-state index in [1.807, 2.05) is 0 Å². The van der Waals surface area contributed by atoms with Crippen molar-refractivity contribution in [1.29, 1.82) is 0 Å². The van der Waals surface area contributed by atoms with E-state index in [0.717, 1.165) is 6.54 Å². The van der Waals surface area contributed by atoms with Crippen molar-refractivity contribution >= 4 is 0 Å². The Morgan fingerprint density at radius 3 is 2.80 bits per heavy atom. The Balaban J connectivity index is 1.61. The fourth-order valence-electron chi connectivity index (χ4n) is 4.82. The van der Waals surface area contributed by atoms with Crippen LogP contribution in [0.3, 0.4) is 0 Å². The normalized spacial score (nSPS) is 41.0. The van der Waals surface area contributed by atoms with Gasteiger partial charge >= 0.3 is 0 Å². The summed E-state index contributed by atoms with van der Waals surface area (Å²) in [6.45, 7) is 3.47. The molecule has 20 heavy (non-hydrogen) atoms. The third-order valence-corrected chi connectivity index (χ3v) is 5.63. The predicted molar refractivity (Wildman–Crippen MR) is 79.0 cm³/mol. The van der Waals surface area contributed by atoms with E-state index in [4.69, 9.17) is 4.84 Å². The monoisotopic (exact) mass is 272 g/mol. The second-order valence-electron chi connectivity index (χ2n) is 6.65. The minimum absolute atomic E-state index is 0.465. The highest BCUT2D eigenvalue weighted by Crippen LogP contribution is 2.47. The third kappa shape index (κ3) is 1.84. The Morgan fingerprint density at radius 1 is 1.20 bits per heavy atom. The zero-order valence-corrected chi connectivity index (χ0v) is 12.4. The van der Waals surface area contributed by atoms with Crippen molar-refractivity contribution in [3.8, 4) is 0 Å². The molecule has 1 saturated carbocycles. The maximum absolute atomic E-state index is 6.07. The van der Waals surface area contributed by atoms with Gasteiger partial charge in [0.25, 0.3) is 0 Å². The lowest BCUT2D eigenvalue weighted by Crippen LogP contribution is -2.42. The van der Waals surface area contributed by atoms with E-state index in [1.54, 1.807) is 0 Å². The highest BCUT2D eigenvalue weighted by atomic mass is 16.7. The van der Waals surface area contributed by atoms with Crippen molar-refractivity contribution in [2.24, 2.45) is 5.92 Å². The molecule has 108 valence electrons. The van der Waals surface area contributed by atoms with Gasteiger partial charge in [-0.3, -0.25) is 9.74 Å². The summed E-state index contributed by atoms with van der Waals surface area (Å²) in [5.41, 5.74) is 1.44. The molecular formula is C17H24N2O. The molecule has 0 aromatic heterocycles. The number of hydrogen-bond acceptors (Lipinski definition) is 3. The van der Waals surface area contributed by atoms with Crippen LogP contribution in [-0.4, -0.2) is 41.2 Å². The lowest BCUT2D eigenvalue weighted by molar-refractivity contribution is -0.163. The molecule has 3 heteroatoms. The number of likely N-dealkylation sites (N-methyl/N-ethyl adjacent to an activating group) is 1. The quantitative estimate of drug-likeness (QED) is 0.823. The first kappa shape index (κ1) is 12.8. The fourth-order valence-corrected chi connectivity index (χ4v) is 4.82. The largest absolute Gasteiger partial charge is 0.295 e. The highest BCUT2D eigenvalue weighted by molar-refractivity contribution is 5.17. The molecule has 0 amide bonds. The summed E-state index contributed by atoms with van der Waals surface area (Å²) in [5.74, 6) is 0.715. The van der Waals surface area contributed by atoms with Crippen molar-refractivity contribution in [2.45, 2.75) is 57.0 Å². The second-order valence-corrected chi connectivity index (χ2v) is 6.65. The third-order valence-electron chi connectivity index (χ3n) is 5.63. The molecule has 1 aliphatic carbocycles. The summed E-state index contributed by atoms with van der Waals surface area (Å²) < 4.78 is 0. The van der Waals surface area contributed by atoms with Crippen molar-refractivity contribution in [3.63, 3.8) is 0 Å². The van der Waals surface area contributed by atoms with Gasteiger partial charge in [0.2, 0.25) is 0 Å². The number of likely N-dealkylation sites (tertiary alicyclic amines) is 1. The Labute approximate surface area is 121 Å². The zero-order valence-electron chi connectivity index (χ0n) is 12.4. The van der Waals surface area contributed by atoms with Gasteiger partial charge in [-0.05, 0) is 31.7 Å². The molecule has 2 saturated heterocycles. The molecule has 0 radical (unpaired) electrons. The molecule has 4 rings (SSSR count). The smallest absolute Gasteiger partial charge is 0.0852 e.